The maximum atomic E-state index is 12.1. The number of rotatable bonds is 10. The minimum Gasteiger partial charge on any atom is -0.488 e. The minimum atomic E-state index is -0.675. The van der Waals surface area contributed by atoms with Gasteiger partial charge in [0.05, 0.1) is 16.0 Å². The molecule has 0 aliphatic carbocycles. The second-order valence-electron chi connectivity index (χ2n) is 9.14. The predicted octanol–water partition coefficient (Wildman–Crippen LogP) is 4.74. The molecule has 0 aromatic heterocycles. The molecule has 10 heteroatoms. The van der Waals surface area contributed by atoms with Crippen LogP contribution in [0.3, 0.4) is 0 Å². The number of nitrogens with two attached hydrogens (primary N) is 1. The standard InChI is InChI=1S/C28H30BrNO7S/c1-16-17(2)26-20(18(3)25(16)36-24(33)6-5-11-31)9-10-28(4,37-26)14-35-22-8-7-19(12-21(22)29)13-23(27(30)34)38-15-32/h5-8,12-13,15,31H,9-11,14H2,1-4H3,(H2,30,34)/b6-5+,23-13-. The Hall–Kier alpha value is -3.08. The fourth-order valence-electron chi connectivity index (χ4n) is 4.14. The van der Waals surface area contributed by atoms with E-state index < -0.39 is 17.5 Å². The molecular weight excluding hydrogens is 574 g/mol. The number of primary amides is 1. The maximum Gasteiger partial charge on any atom is 0.335 e. The van der Waals surface area contributed by atoms with Crippen LogP contribution in [0.1, 0.15) is 41.2 Å². The van der Waals surface area contributed by atoms with Crippen LogP contribution in [0.5, 0.6) is 17.2 Å². The summed E-state index contributed by atoms with van der Waals surface area (Å²) < 4.78 is 18.9. The smallest absolute Gasteiger partial charge is 0.335 e. The van der Waals surface area contributed by atoms with Crippen molar-refractivity contribution in [1.29, 1.82) is 0 Å². The lowest BCUT2D eigenvalue weighted by Gasteiger charge is -2.38. The zero-order chi connectivity index (χ0) is 28.0. The number of carbonyl (C=O) groups is 3. The molecule has 1 atom stereocenters. The Morgan fingerprint density at radius 3 is 2.61 bits per heavy atom. The van der Waals surface area contributed by atoms with Crippen LogP contribution in [-0.4, -0.2) is 41.4 Å². The van der Waals surface area contributed by atoms with Gasteiger partial charge < -0.3 is 25.1 Å². The van der Waals surface area contributed by atoms with Gasteiger partial charge in [-0.05, 0) is 109 Å². The average Bonchev–Trinajstić information content (AvgIpc) is 2.87. The first-order valence-corrected chi connectivity index (χ1v) is 13.5. The number of carbonyl (C=O) groups excluding carboxylic acids is 3. The topological polar surface area (TPSA) is 125 Å². The van der Waals surface area contributed by atoms with Crippen molar-refractivity contribution in [3.63, 3.8) is 0 Å². The number of ether oxygens (including phenoxy) is 3. The van der Waals surface area contributed by atoms with E-state index in [-0.39, 0.29) is 18.1 Å². The molecular formula is C28H30BrNO7S. The summed E-state index contributed by atoms with van der Waals surface area (Å²) in [6.07, 6.45) is 5.49. The van der Waals surface area contributed by atoms with Gasteiger partial charge in [-0.15, -0.1) is 0 Å². The Kier molecular flexibility index (Phi) is 9.81. The molecule has 2 aromatic rings. The van der Waals surface area contributed by atoms with Crippen molar-refractivity contribution >= 4 is 51.3 Å². The number of hydrogen-bond acceptors (Lipinski definition) is 8. The summed E-state index contributed by atoms with van der Waals surface area (Å²) in [7, 11) is 0. The summed E-state index contributed by atoms with van der Waals surface area (Å²) in [6.45, 7) is 7.78. The van der Waals surface area contributed by atoms with Gasteiger partial charge in [0.15, 0.2) is 5.62 Å². The molecule has 0 saturated carbocycles. The Morgan fingerprint density at radius 2 is 1.97 bits per heavy atom. The van der Waals surface area contributed by atoms with Crippen molar-refractivity contribution in [2.45, 2.75) is 46.1 Å². The third-order valence-electron chi connectivity index (χ3n) is 6.33. The molecule has 1 heterocycles. The molecule has 3 rings (SSSR count). The highest BCUT2D eigenvalue weighted by atomic mass is 79.9. The van der Waals surface area contributed by atoms with Crippen LogP contribution in [0.15, 0.2) is 39.7 Å². The molecule has 202 valence electrons. The van der Waals surface area contributed by atoms with Crippen LogP contribution in [0, 0.1) is 20.8 Å². The summed E-state index contributed by atoms with van der Waals surface area (Å²) in [6, 6.07) is 5.31. The second-order valence-corrected chi connectivity index (χ2v) is 10.9. The lowest BCUT2D eigenvalue weighted by molar-refractivity contribution is -0.129. The van der Waals surface area contributed by atoms with Gasteiger partial charge >= 0.3 is 5.97 Å². The van der Waals surface area contributed by atoms with Gasteiger partial charge in [0, 0.05) is 11.6 Å². The third kappa shape index (κ3) is 6.86. The summed E-state index contributed by atoms with van der Waals surface area (Å²) in [5, 5.41) is 8.90. The van der Waals surface area contributed by atoms with Gasteiger partial charge in [-0.25, -0.2) is 4.79 Å². The number of hydrogen-bond donors (Lipinski definition) is 2. The third-order valence-corrected chi connectivity index (χ3v) is 7.62. The monoisotopic (exact) mass is 603 g/mol. The van der Waals surface area contributed by atoms with Crippen molar-refractivity contribution in [2.24, 2.45) is 5.73 Å². The van der Waals surface area contributed by atoms with Crippen molar-refractivity contribution in [1.82, 2.24) is 0 Å². The number of aliphatic hydroxyl groups is 1. The Bertz CT molecular complexity index is 1320. The van der Waals surface area contributed by atoms with E-state index >= 15 is 0 Å². The number of esters is 1. The summed E-state index contributed by atoms with van der Waals surface area (Å²) >= 11 is 4.24. The molecule has 1 unspecified atom stereocenters. The number of fused-ring (bicyclic) bond motifs is 1. The molecule has 3 N–H and O–H groups in total. The first-order valence-electron chi connectivity index (χ1n) is 11.8. The van der Waals surface area contributed by atoms with Gasteiger partial charge in [-0.3, -0.25) is 9.59 Å². The number of thioether (sulfide) groups is 1. The van der Waals surface area contributed by atoms with Crippen LogP contribution < -0.4 is 19.9 Å². The molecule has 0 bridgehead atoms. The van der Waals surface area contributed by atoms with Gasteiger partial charge in [0.1, 0.15) is 29.5 Å². The Balaban J connectivity index is 1.78. The second kappa shape index (κ2) is 12.6. The maximum absolute atomic E-state index is 12.1. The van der Waals surface area contributed by atoms with Crippen molar-refractivity contribution in [3.05, 3.63) is 67.5 Å². The fraction of sp³-hybridized carbons (Fsp3) is 0.321. The molecule has 1 aliphatic heterocycles. The van der Waals surface area contributed by atoms with E-state index in [0.717, 1.165) is 39.8 Å². The van der Waals surface area contributed by atoms with Crippen LogP contribution in [-0.2, 0) is 20.8 Å². The summed E-state index contributed by atoms with van der Waals surface area (Å²) in [5.41, 5.74) is 9.52. The number of halogens is 1. The molecule has 38 heavy (non-hydrogen) atoms. The molecule has 0 spiro atoms. The van der Waals surface area contributed by atoms with E-state index in [1.54, 1.807) is 24.3 Å². The highest BCUT2D eigenvalue weighted by Crippen LogP contribution is 2.44. The first kappa shape index (κ1) is 29.5. The lowest BCUT2D eigenvalue weighted by Crippen LogP contribution is -2.42. The van der Waals surface area contributed by atoms with Gasteiger partial charge in [-0.2, -0.15) is 0 Å². The van der Waals surface area contributed by atoms with Crippen molar-refractivity contribution < 1.29 is 33.7 Å². The van der Waals surface area contributed by atoms with Crippen LogP contribution >= 0.6 is 27.7 Å². The Labute approximate surface area is 234 Å². The zero-order valence-corrected chi connectivity index (χ0v) is 24.0. The molecule has 2 aromatic carbocycles. The highest BCUT2D eigenvalue weighted by molar-refractivity contribution is 9.10. The lowest BCUT2D eigenvalue weighted by atomic mass is 9.87. The van der Waals surface area contributed by atoms with Crippen LogP contribution in [0.25, 0.3) is 6.08 Å². The van der Waals surface area contributed by atoms with Crippen LogP contribution in [0.4, 0.5) is 0 Å². The predicted molar refractivity (Wildman–Crippen MR) is 151 cm³/mol. The van der Waals surface area contributed by atoms with Crippen molar-refractivity contribution in [3.8, 4) is 17.2 Å². The summed E-state index contributed by atoms with van der Waals surface area (Å²) in [5.74, 6) is 0.671. The fourth-order valence-corrected chi connectivity index (χ4v) is 5.08. The van der Waals surface area contributed by atoms with Crippen LogP contribution in [0.2, 0.25) is 0 Å². The SMILES string of the molecule is Cc1c(C)c2c(c(C)c1OC(=O)/C=C/CO)CCC(C)(COc1ccc(/C=C(\SC=O)C(N)=O)cc1Br)O2. The number of amides is 1. The molecule has 0 saturated heterocycles. The summed E-state index contributed by atoms with van der Waals surface area (Å²) in [4.78, 5) is 34.5. The van der Waals surface area contributed by atoms with E-state index in [4.69, 9.17) is 25.1 Å². The van der Waals surface area contributed by atoms with E-state index in [0.29, 0.717) is 40.0 Å². The Morgan fingerprint density at radius 1 is 1.24 bits per heavy atom. The van der Waals surface area contributed by atoms with E-state index in [9.17, 15) is 14.4 Å². The van der Waals surface area contributed by atoms with Gasteiger partial charge in [0.25, 0.3) is 5.91 Å². The van der Waals surface area contributed by atoms with E-state index in [1.807, 2.05) is 27.7 Å². The van der Waals surface area contributed by atoms with Crippen molar-refractivity contribution in [2.75, 3.05) is 13.2 Å². The quantitative estimate of drug-likeness (QED) is 0.173. The molecule has 0 fully saturated rings. The van der Waals surface area contributed by atoms with E-state index in [2.05, 4.69) is 15.9 Å². The molecule has 0 radical (unpaired) electrons. The minimum absolute atomic E-state index is 0.142. The number of benzene rings is 2. The molecule has 1 amide bonds. The average molecular weight is 605 g/mol. The normalized spacial score (nSPS) is 17.1. The highest BCUT2D eigenvalue weighted by Gasteiger charge is 2.36. The molecule has 8 nitrogen and oxygen atoms in total. The zero-order valence-electron chi connectivity index (χ0n) is 21.6. The largest absolute Gasteiger partial charge is 0.488 e. The van der Waals surface area contributed by atoms with Gasteiger partial charge in [-0.1, -0.05) is 12.1 Å². The number of aliphatic hydroxyl groups excluding tert-OH is 1. The first-order chi connectivity index (χ1) is 18.0. The van der Waals surface area contributed by atoms with Gasteiger partial charge in [0.2, 0.25) is 0 Å². The van der Waals surface area contributed by atoms with E-state index in [1.165, 1.54) is 12.2 Å². The molecule has 1 aliphatic rings.